The summed E-state index contributed by atoms with van der Waals surface area (Å²) in [6, 6.07) is 5.35. The minimum Gasteiger partial charge on any atom is -0.481 e. The molecular weight excluding hydrogens is 204 g/mol. The highest BCUT2D eigenvalue weighted by Gasteiger charge is 2.06. The van der Waals surface area contributed by atoms with Crippen molar-refractivity contribution >= 4 is 11.5 Å². The maximum Gasteiger partial charge on any atom is 0.215 e. The van der Waals surface area contributed by atoms with Gasteiger partial charge in [0.25, 0.3) is 0 Å². The summed E-state index contributed by atoms with van der Waals surface area (Å²) in [6.07, 6.45) is 3.27. The molecule has 4 N–H and O–H groups in total. The molecule has 0 aliphatic heterocycles. The van der Waals surface area contributed by atoms with Crippen LogP contribution in [-0.2, 0) is 0 Å². The lowest BCUT2D eigenvalue weighted by molar-refractivity contribution is 0.399. The lowest BCUT2D eigenvalue weighted by Crippen LogP contribution is -1.96. The molecule has 2 heterocycles. The summed E-state index contributed by atoms with van der Waals surface area (Å²) < 4.78 is 5.05. The van der Waals surface area contributed by atoms with Gasteiger partial charge < -0.3 is 16.2 Å². The van der Waals surface area contributed by atoms with Crippen molar-refractivity contribution in [1.82, 2.24) is 9.97 Å². The van der Waals surface area contributed by atoms with E-state index in [0.29, 0.717) is 17.4 Å². The van der Waals surface area contributed by atoms with Crippen LogP contribution in [0.25, 0.3) is 11.1 Å². The normalized spacial score (nSPS) is 10.1. The first-order valence-electron chi connectivity index (χ1n) is 4.72. The summed E-state index contributed by atoms with van der Waals surface area (Å²) >= 11 is 0. The van der Waals surface area contributed by atoms with Crippen LogP contribution in [0, 0.1) is 0 Å². The molecule has 0 amide bonds. The van der Waals surface area contributed by atoms with Gasteiger partial charge in [0.2, 0.25) is 5.88 Å². The van der Waals surface area contributed by atoms with Crippen molar-refractivity contribution in [1.29, 1.82) is 0 Å². The second-order valence-electron chi connectivity index (χ2n) is 3.29. The third-order valence-electron chi connectivity index (χ3n) is 2.19. The lowest BCUT2D eigenvalue weighted by Gasteiger charge is -2.07. The average molecular weight is 216 g/mol. The molecule has 0 atom stereocenters. The molecule has 0 radical (unpaired) electrons. The number of nitrogens with zero attached hydrogens (tertiary/aromatic N) is 2. The van der Waals surface area contributed by atoms with Crippen LogP contribution in [0.5, 0.6) is 5.88 Å². The molecule has 5 heteroatoms. The summed E-state index contributed by atoms with van der Waals surface area (Å²) in [6.45, 7) is 0. The van der Waals surface area contributed by atoms with Crippen molar-refractivity contribution < 1.29 is 4.74 Å². The van der Waals surface area contributed by atoms with Gasteiger partial charge in [-0.3, -0.25) is 4.98 Å². The quantitative estimate of drug-likeness (QED) is 0.790. The predicted octanol–water partition coefficient (Wildman–Crippen LogP) is 1.32. The molecule has 0 bridgehead atoms. The van der Waals surface area contributed by atoms with Crippen molar-refractivity contribution in [2.24, 2.45) is 0 Å². The highest BCUT2D eigenvalue weighted by Crippen LogP contribution is 2.28. The number of ether oxygens (including phenoxy) is 1. The third kappa shape index (κ3) is 1.88. The number of methoxy groups -OCH3 is 1. The maximum absolute atomic E-state index is 5.83. The maximum atomic E-state index is 5.83. The molecule has 5 nitrogen and oxygen atoms in total. The zero-order valence-corrected chi connectivity index (χ0v) is 8.84. The molecule has 82 valence electrons. The van der Waals surface area contributed by atoms with E-state index >= 15 is 0 Å². The molecule has 0 unspecified atom stereocenters. The Kier molecular flexibility index (Phi) is 2.59. The molecule has 2 rings (SSSR count). The Hall–Kier alpha value is -2.30. The van der Waals surface area contributed by atoms with Crippen LogP contribution in [0.3, 0.4) is 0 Å². The van der Waals surface area contributed by atoms with E-state index < -0.39 is 0 Å². The van der Waals surface area contributed by atoms with Gasteiger partial charge in [0.1, 0.15) is 5.82 Å². The molecule has 0 fully saturated rings. The molecule has 0 saturated carbocycles. The fourth-order valence-electron chi connectivity index (χ4n) is 1.46. The lowest BCUT2D eigenvalue weighted by atomic mass is 10.1. The average Bonchev–Trinajstić information content (AvgIpc) is 2.28. The smallest absolute Gasteiger partial charge is 0.215 e. The molecular formula is C11H12N4O. The fraction of sp³-hybridized carbons (Fsp3) is 0.0909. The Morgan fingerprint density at radius 3 is 2.75 bits per heavy atom. The minimum atomic E-state index is 0.394. The molecule has 0 aliphatic rings. The summed E-state index contributed by atoms with van der Waals surface area (Å²) in [7, 11) is 1.54. The largest absolute Gasteiger partial charge is 0.481 e. The van der Waals surface area contributed by atoms with Gasteiger partial charge in [0.15, 0.2) is 0 Å². The van der Waals surface area contributed by atoms with Crippen LogP contribution >= 0.6 is 0 Å². The van der Waals surface area contributed by atoms with Crippen molar-refractivity contribution in [2.75, 3.05) is 18.6 Å². The molecule has 0 saturated heterocycles. The van der Waals surface area contributed by atoms with Gasteiger partial charge in [0, 0.05) is 17.8 Å². The number of aromatic nitrogens is 2. The molecule has 0 aromatic carbocycles. The molecule has 16 heavy (non-hydrogen) atoms. The third-order valence-corrected chi connectivity index (χ3v) is 2.19. The highest BCUT2D eigenvalue weighted by molar-refractivity contribution is 5.77. The van der Waals surface area contributed by atoms with Gasteiger partial charge in [-0.25, -0.2) is 0 Å². The van der Waals surface area contributed by atoms with Crippen LogP contribution in [0.1, 0.15) is 0 Å². The Balaban J connectivity index is 2.56. The first-order valence-corrected chi connectivity index (χ1v) is 4.72. The first-order chi connectivity index (χ1) is 7.70. The summed E-state index contributed by atoms with van der Waals surface area (Å²) in [5, 5.41) is 0. The van der Waals surface area contributed by atoms with Crippen molar-refractivity contribution in [2.45, 2.75) is 0 Å². The van der Waals surface area contributed by atoms with Gasteiger partial charge in [-0.1, -0.05) is 0 Å². The summed E-state index contributed by atoms with van der Waals surface area (Å²) in [5.74, 6) is 0.858. The molecule has 2 aromatic rings. The van der Waals surface area contributed by atoms with Crippen molar-refractivity contribution in [3.8, 4) is 17.0 Å². The van der Waals surface area contributed by atoms with Crippen LogP contribution in [-0.4, -0.2) is 17.1 Å². The van der Waals surface area contributed by atoms with Gasteiger partial charge >= 0.3 is 0 Å². The second-order valence-corrected chi connectivity index (χ2v) is 3.29. The highest BCUT2D eigenvalue weighted by atomic mass is 16.5. The van der Waals surface area contributed by atoms with Crippen LogP contribution < -0.4 is 16.2 Å². The zero-order valence-electron chi connectivity index (χ0n) is 8.84. The van der Waals surface area contributed by atoms with Crippen LogP contribution in [0.2, 0.25) is 0 Å². The van der Waals surface area contributed by atoms with Crippen LogP contribution in [0.4, 0.5) is 11.5 Å². The first kappa shape index (κ1) is 10.2. The zero-order chi connectivity index (χ0) is 11.5. The summed E-state index contributed by atoms with van der Waals surface area (Å²) in [4.78, 5) is 7.94. The van der Waals surface area contributed by atoms with Gasteiger partial charge in [-0.15, -0.1) is 0 Å². The van der Waals surface area contributed by atoms with E-state index in [1.54, 1.807) is 31.6 Å². The molecule has 0 aliphatic carbocycles. The van der Waals surface area contributed by atoms with Crippen LogP contribution in [0.15, 0.2) is 30.6 Å². The number of hydrogen-bond acceptors (Lipinski definition) is 5. The Bertz CT molecular complexity index is 513. The number of pyridine rings is 2. The minimum absolute atomic E-state index is 0.394. The van der Waals surface area contributed by atoms with Gasteiger partial charge in [-0.2, -0.15) is 4.98 Å². The SMILES string of the molecule is COc1cc(-c2ccncc2N)cc(N)n1. The van der Waals surface area contributed by atoms with Crippen molar-refractivity contribution in [3.63, 3.8) is 0 Å². The fourth-order valence-corrected chi connectivity index (χ4v) is 1.46. The summed E-state index contributed by atoms with van der Waals surface area (Å²) in [5.41, 5.74) is 13.8. The Labute approximate surface area is 93.1 Å². The van der Waals surface area contributed by atoms with E-state index in [0.717, 1.165) is 11.1 Å². The van der Waals surface area contributed by atoms with Gasteiger partial charge in [0.05, 0.1) is 19.0 Å². The number of anilines is 2. The second kappa shape index (κ2) is 4.06. The van der Waals surface area contributed by atoms with E-state index in [2.05, 4.69) is 9.97 Å². The Morgan fingerprint density at radius 2 is 2.06 bits per heavy atom. The van der Waals surface area contributed by atoms with E-state index in [4.69, 9.17) is 16.2 Å². The molecule has 2 aromatic heterocycles. The standard InChI is InChI=1S/C11H12N4O/c1-16-11-5-7(4-10(13)15-11)8-2-3-14-6-9(8)12/h2-6H,12H2,1H3,(H2,13,15). The van der Waals surface area contributed by atoms with E-state index in [1.807, 2.05) is 6.07 Å². The van der Waals surface area contributed by atoms with Gasteiger partial charge in [-0.05, 0) is 17.7 Å². The van der Waals surface area contributed by atoms with E-state index in [9.17, 15) is 0 Å². The molecule has 0 spiro atoms. The predicted molar refractivity (Wildman–Crippen MR) is 62.8 cm³/mol. The topological polar surface area (TPSA) is 87.0 Å². The number of nitrogens with two attached hydrogens (primary N) is 2. The monoisotopic (exact) mass is 216 g/mol. The number of hydrogen-bond donors (Lipinski definition) is 2. The van der Waals surface area contributed by atoms with Crippen molar-refractivity contribution in [3.05, 3.63) is 30.6 Å². The van der Waals surface area contributed by atoms with E-state index in [-0.39, 0.29) is 0 Å². The van der Waals surface area contributed by atoms with E-state index in [1.165, 1.54) is 0 Å². The number of rotatable bonds is 2. The Morgan fingerprint density at radius 1 is 1.25 bits per heavy atom. The number of nitrogen functional groups attached to an aromatic ring is 2.